The molecule has 7 heteroatoms. The molecule has 0 radical (unpaired) electrons. The van der Waals surface area contributed by atoms with Gasteiger partial charge in [0.2, 0.25) is 5.95 Å². The van der Waals surface area contributed by atoms with E-state index in [0.717, 1.165) is 77.5 Å². The lowest BCUT2D eigenvalue weighted by Crippen LogP contribution is -2.35. The van der Waals surface area contributed by atoms with Crippen LogP contribution in [0.1, 0.15) is 27.0 Å². The number of hydrogen-bond donors (Lipinski definition) is 2. The Morgan fingerprint density at radius 1 is 0.854 bits per heavy atom. The number of nitrogens with zero attached hydrogens (tertiary/aromatic N) is 3. The number of amides is 1. The molecule has 6 rings (SSSR count). The average molecular weight is 544 g/mol. The van der Waals surface area contributed by atoms with E-state index in [1.54, 1.807) is 0 Å². The number of aromatic nitrogens is 2. The molecule has 1 aliphatic heterocycles. The molecule has 0 bridgehead atoms. The molecule has 2 heterocycles. The fourth-order valence-electron chi connectivity index (χ4n) is 5.22. The van der Waals surface area contributed by atoms with Crippen molar-refractivity contribution in [3.05, 3.63) is 113 Å². The van der Waals surface area contributed by atoms with Gasteiger partial charge < -0.3 is 15.4 Å². The van der Waals surface area contributed by atoms with E-state index in [0.29, 0.717) is 11.5 Å². The van der Waals surface area contributed by atoms with Crippen molar-refractivity contribution in [1.82, 2.24) is 14.9 Å². The summed E-state index contributed by atoms with van der Waals surface area (Å²) in [6, 6.07) is 30.0. The highest BCUT2D eigenvalue weighted by molar-refractivity contribution is 6.05. The normalized spacial score (nSPS) is 13.7. The molecular weight excluding hydrogens is 510 g/mol. The Hall–Kier alpha value is -4.59. The molecule has 0 atom stereocenters. The molecule has 4 aromatic carbocycles. The smallest absolute Gasteiger partial charge is 0.255 e. The summed E-state index contributed by atoms with van der Waals surface area (Å²) in [6.07, 6.45) is 0. The Morgan fingerprint density at radius 3 is 2.37 bits per heavy atom. The third kappa shape index (κ3) is 6.11. The number of carbonyl (C=O) groups excluding carboxylic acids is 1. The number of aryl methyl sites for hydroxylation is 2. The topological polar surface area (TPSA) is 79.4 Å². The number of carbonyl (C=O) groups is 1. The van der Waals surface area contributed by atoms with Gasteiger partial charge in [-0.3, -0.25) is 9.69 Å². The molecule has 0 aliphatic carbocycles. The number of para-hydroxylation sites is 2. The second-order valence-corrected chi connectivity index (χ2v) is 10.4. The van der Waals surface area contributed by atoms with E-state index in [1.165, 1.54) is 5.56 Å². The van der Waals surface area contributed by atoms with Crippen LogP contribution in [0.15, 0.2) is 91.0 Å². The number of morpholine rings is 1. The van der Waals surface area contributed by atoms with Gasteiger partial charge in [0.15, 0.2) is 0 Å². The molecule has 2 N–H and O–H groups in total. The molecule has 0 unspecified atom stereocenters. The third-order valence-electron chi connectivity index (χ3n) is 7.44. The SMILES string of the molecule is Cc1cccc(C)c1NC(=O)c1ccc(Nc2nc(-c3cccc(CN4CCOCC4)c3)c3ccccc3n2)cc1. The Labute approximate surface area is 240 Å². The summed E-state index contributed by atoms with van der Waals surface area (Å²) in [6.45, 7) is 8.32. The lowest BCUT2D eigenvalue weighted by molar-refractivity contribution is 0.0342. The minimum Gasteiger partial charge on any atom is -0.379 e. The number of fused-ring (bicyclic) bond motifs is 1. The number of anilines is 3. The van der Waals surface area contributed by atoms with Gasteiger partial charge in [0.1, 0.15) is 0 Å². The van der Waals surface area contributed by atoms with Gasteiger partial charge in [-0.1, -0.05) is 54.6 Å². The first-order valence-corrected chi connectivity index (χ1v) is 13.9. The zero-order chi connectivity index (χ0) is 28.2. The van der Waals surface area contributed by atoms with Crippen LogP contribution in [-0.4, -0.2) is 47.1 Å². The lowest BCUT2D eigenvalue weighted by Gasteiger charge is -2.26. The fraction of sp³-hybridized carbons (Fsp3) is 0.206. The molecule has 1 saturated heterocycles. The Kier molecular flexibility index (Phi) is 7.71. The molecule has 7 nitrogen and oxygen atoms in total. The summed E-state index contributed by atoms with van der Waals surface area (Å²) in [7, 11) is 0. The Balaban J connectivity index is 1.24. The monoisotopic (exact) mass is 543 g/mol. The van der Waals surface area contributed by atoms with Gasteiger partial charge >= 0.3 is 0 Å². The van der Waals surface area contributed by atoms with Gasteiger partial charge in [0.25, 0.3) is 5.91 Å². The number of benzene rings is 4. The van der Waals surface area contributed by atoms with Crippen molar-refractivity contribution in [3.63, 3.8) is 0 Å². The molecular formula is C34H33N5O2. The largest absolute Gasteiger partial charge is 0.379 e. The Morgan fingerprint density at radius 2 is 1.59 bits per heavy atom. The second kappa shape index (κ2) is 11.9. The van der Waals surface area contributed by atoms with Crippen LogP contribution in [0.5, 0.6) is 0 Å². The van der Waals surface area contributed by atoms with Crippen LogP contribution in [0.2, 0.25) is 0 Å². The van der Waals surface area contributed by atoms with Crippen molar-refractivity contribution in [2.24, 2.45) is 0 Å². The van der Waals surface area contributed by atoms with Crippen molar-refractivity contribution in [3.8, 4) is 11.3 Å². The van der Waals surface area contributed by atoms with E-state index >= 15 is 0 Å². The van der Waals surface area contributed by atoms with Gasteiger partial charge in [-0.15, -0.1) is 0 Å². The maximum Gasteiger partial charge on any atom is 0.255 e. The van der Waals surface area contributed by atoms with Crippen LogP contribution in [0.25, 0.3) is 22.2 Å². The van der Waals surface area contributed by atoms with Crippen molar-refractivity contribution in [2.75, 3.05) is 36.9 Å². The van der Waals surface area contributed by atoms with Crippen molar-refractivity contribution < 1.29 is 9.53 Å². The number of hydrogen-bond acceptors (Lipinski definition) is 6. The zero-order valence-electron chi connectivity index (χ0n) is 23.4. The summed E-state index contributed by atoms with van der Waals surface area (Å²) in [4.78, 5) is 25.1. The zero-order valence-corrected chi connectivity index (χ0v) is 23.4. The summed E-state index contributed by atoms with van der Waals surface area (Å²) < 4.78 is 5.51. The average Bonchev–Trinajstić information content (AvgIpc) is 2.99. The molecule has 1 fully saturated rings. The Bertz CT molecular complexity index is 1670. The predicted octanol–water partition coefficient (Wildman–Crippen LogP) is 6.74. The van der Waals surface area contributed by atoms with E-state index < -0.39 is 0 Å². The quantitative estimate of drug-likeness (QED) is 0.237. The van der Waals surface area contributed by atoms with Crippen LogP contribution in [0.4, 0.5) is 17.3 Å². The van der Waals surface area contributed by atoms with Crippen LogP contribution in [-0.2, 0) is 11.3 Å². The summed E-state index contributed by atoms with van der Waals surface area (Å²) in [5.41, 5.74) is 8.35. The van der Waals surface area contributed by atoms with E-state index in [1.807, 2.05) is 74.5 Å². The molecule has 206 valence electrons. The van der Waals surface area contributed by atoms with Gasteiger partial charge in [-0.25, -0.2) is 9.97 Å². The van der Waals surface area contributed by atoms with Crippen molar-refractivity contribution >= 4 is 34.1 Å². The van der Waals surface area contributed by atoms with E-state index in [9.17, 15) is 4.79 Å². The van der Waals surface area contributed by atoms with Crippen LogP contribution >= 0.6 is 0 Å². The molecule has 1 aliphatic rings. The van der Waals surface area contributed by atoms with Crippen LogP contribution in [0, 0.1) is 13.8 Å². The minimum atomic E-state index is -0.143. The van der Waals surface area contributed by atoms with Crippen molar-refractivity contribution in [1.29, 1.82) is 0 Å². The highest BCUT2D eigenvalue weighted by atomic mass is 16.5. The standard InChI is InChI=1S/C34H33N5O2/c1-23-7-5-8-24(2)31(23)37-33(40)26-13-15-28(16-14-26)35-34-36-30-12-4-3-11-29(30)32(38-34)27-10-6-9-25(21-27)22-39-17-19-41-20-18-39/h3-16,21H,17-20,22H2,1-2H3,(H,37,40)(H,35,36,38). The molecule has 5 aromatic rings. The minimum absolute atomic E-state index is 0.143. The molecule has 0 spiro atoms. The molecule has 1 amide bonds. The molecule has 0 saturated carbocycles. The van der Waals surface area contributed by atoms with Gasteiger partial charge in [0, 0.05) is 47.5 Å². The first-order valence-electron chi connectivity index (χ1n) is 13.9. The van der Waals surface area contributed by atoms with Gasteiger partial charge in [-0.05, 0) is 66.9 Å². The maximum absolute atomic E-state index is 12.9. The highest BCUT2D eigenvalue weighted by Crippen LogP contribution is 2.29. The summed E-state index contributed by atoms with van der Waals surface area (Å²) in [5, 5.41) is 7.39. The number of nitrogens with one attached hydrogen (secondary N) is 2. The van der Waals surface area contributed by atoms with Crippen LogP contribution < -0.4 is 10.6 Å². The third-order valence-corrected chi connectivity index (χ3v) is 7.44. The highest BCUT2D eigenvalue weighted by Gasteiger charge is 2.14. The summed E-state index contributed by atoms with van der Waals surface area (Å²) in [5.74, 6) is 0.361. The van der Waals surface area contributed by atoms with Crippen LogP contribution in [0.3, 0.4) is 0 Å². The second-order valence-electron chi connectivity index (χ2n) is 10.4. The number of ether oxygens (including phenoxy) is 1. The first kappa shape index (κ1) is 26.6. The van der Waals surface area contributed by atoms with E-state index in [2.05, 4.69) is 45.9 Å². The van der Waals surface area contributed by atoms with E-state index in [4.69, 9.17) is 14.7 Å². The van der Waals surface area contributed by atoms with Gasteiger partial charge in [0.05, 0.1) is 24.4 Å². The maximum atomic E-state index is 12.9. The summed E-state index contributed by atoms with van der Waals surface area (Å²) >= 11 is 0. The first-order chi connectivity index (χ1) is 20.0. The fourth-order valence-corrected chi connectivity index (χ4v) is 5.22. The molecule has 1 aromatic heterocycles. The van der Waals surface area contributed by atoms with Gasteiger partial charge in [-0.2, -0.15) is 0 Å². The number of rotatable bonds is 7. The van der Waals surface area contributed by atoms with E-state index in [-0.39, 0.29) is 5.91 Å². The molecule has 41 heavy (non-hydrogen) atoms. The predicted molar refractivity (Wildman–Crippen MR) is 165 cm³/mol. The lowest BCUT2D eigenvalue weighted by atomic mass is 10.0. The van der Waals surface area contributed by atoms with Crippen molar-refractivity contribution in [2.45, 2.75) is 20.4 Å².